The molecule has 0 amide bonds. The summed E-state index contributed by atoms with van der Waals surface area (Å²) in [4.78, 5) is 5.17. The lowest BCUT2D eigenvalue weighted by Gasteiger charge is -2.37. The molecular weight excluding hydrogens is 288 g/mol. The van der Waals surface area contributed by atoms with Crippen LogP contribution in [0, 0.1) is 5.92 Å². The standard InChI is InChI=1S/C18H32N4O/c1-15-12-22(13-16(2)23-15)11-7-17-5-9-21(10-6-17)14-18-4-8-19-20(18)3/h4,8,15-17H,5-7,9-14H2,1-3H3. The van der Waals surface area contributed by atoms with Gasteiger partial charge in [0.05, 0.1) is 17.9 Å². The smallest absolute Gasteiger partial charge is 0.0678 e. The number of nitrogens with zero attached hydrogens (tertiary/aromatic N) is 4. The molecule has 0 saturated carbocycles. The van der Waals surface area contributed by atoms with Crippen molar-refractivity contribution in [3.63, 3.8) is 0 Å². The lowest BCUT2D eigenvalue weighted by Crippen LogP contribution is -2.46. The topological polar surface area (TPSA) is 33.5 Å². The molecule has 0 aromatic carbocycles. The van der Waals surface area contributed by atoms with Gasteiger partial charge < -0.3 is 4.74 Å². The Morgan fingerprint density at radius 1 is 1.13 bits per heavy atom. The van der Waals surface area contributed by atoms with Crippen LogP contribution >= 0.6 is 0 Å². The second kappa shape index (κ2) is 7.77. The molecule has 5 heteroatoms. The minimum Gasteiger partial charge on any atom is -0.373 e. The number of ether oxygens (including phenoxy) is 1. The molecule has 5 nitrogen and oxygen atoms in total. The van der Waals surface area contributed by atoms with Crippen molar-refractivity contribution in [1.82, 2.24) is 19.6 Å². The zero-order valence-electron chi connectivity index (χ0n) is 14.9. The Kier molecular flexibility index (Phi) is 5.72. The third-order valence-corrected chi connectivity index (χ3v) is 5.36. The predicted molar refractivity (Wildman–Crippen MR) is 92.3 cm³/mol. The summed E-state index contributed by atoms with van der Waals surface area (Å²) in [5.74, 6) is 0.895. The highest BCUT2D eigenvalue weighted by Crippen LogP contribution is 2.23. The largest absolute Gasteiger partial charge is 0.373 e. The van der Waals surface area contributed by atoms with Gasteiger partial charge in [0.15, 0.2) is 0 Å². The van der Waals surface area contributed by atoms with Gasteiger partial charge in [0.25, 0.3) is 0 Å². The van der Waals surface area contributed by atoms with E-state index in [1.54, 1.807) is 0 Å². The van der Waals surface area contributed by atoms with Gasteiger partial charge >= 0.3 is 0 Å². The fourth-order valence-corrected chi connectivity index (χ4v) is 4.05. The third-order valence-electron chi connectivity index (χ3n) is 5.36. The van der Waals surface area contributed by atoms with E-state index in [9.17, 15) is 0 Å². The fraction of sp³-hybridized carbons (Fsp3) is 0.833. The molecule has 130 valence electrons. The molecule has 3 heterocycles. The molecule has 2 fully saturated rings. The maximum absolute atomic E-state index is 5.83. The summed E-state index contributed by atoms with van der Waals surface area (Å²) < 4.78 is 7.82. The summed E-state index contributed by atoms with van der Waals surface area (Å²) in [6.45, 7) is 11.3. The lowest BCUT2D eigenvalue weighted by atomic mass is 9.93. The second-order valence-electron chi connectivity index (χ2n) is 7.47. The predicted octanol–water partition coefficient (Wildman–Crippen LogP) is 2.13. The normalized spacial score (nSPS) is 28.3. The molecule has 0 bridgehead atoms. The zero-order chi connectivity index (χ0) is 16.2. The number of aromatic nitrogens is 2. The number of aryl methyl sites for hydroxylation is 1. The van der Waals surface area contributed by atoms with Crippen molar-refractivity contribution in [3.05, 3.63) is 18.0 Å². The van der Waals surface area contributed by atoms with Crippen LogP contribution in [0.15, 0.2) is 12.3 Å². The van der Waals surface area contributed by atoms with E-state index < -0.39 is 0 Å². The van der Waals surface area contributed by atoms with Gasteiger partial charge in [0.1, 0.15) is 0 Å². The maximum Gasteiger partial charge on any atom is 0.0678 e. The summed E-state index contributed by atoms with van der Waals surface area (Å²) in [6.07, 6.45) is 6.70. The van der Waals surface area contributed by atoms with Gasteiger partial charge in [-0.1, -0.05) is 0 Å². The van der Waals surface area contributed by atoms with Crippen LogP contribution in [-0.4, -0.2) is 64.5 Å². The van der Waals surface area contributed by atoms with Crippen molar-refractivity contribution >= 4 is 0 Å². The first-order valence-corrected chi connectivity index (χ1v) is 9.17. The van der Waals surface area contributed by atoms with E-state index in [1.807, 2.05) is 17.9 Å². The minimum absolute atomic E-state index is 0.388. The van der Waals surface area contributed by atoms with Crippen molar-refractivity contribution in [3.8, 4) is 0 Å². The molecule has 0 N–H and O–H groups in total. The highest BCUT2D eigenvalue weighted by Gasteiger charge is 2.24. The SMILES string of the molecule is CC1CN(CCC2CCN(Cc3ccnn3C)CC2)CC(C)O1. The van der Waals surface area contributed by atoms with Crippen LogP contribution in [0.25, 0.3) is 0 Å². The molecule has 23 heavy (non-hydrogen) atoms. The zero-order valence-corrected chi connectivity index (χ0v) is 14.9. The Hall–Kier alpha value is -0.910. The third kappa shape index (κ3) is 4.78. The van der Waals surface area contributed by atoms with E-state index in [0.29, 0.717) is 12.2 Å². The molecule has 1 aromatic rings. The average molecular weight is 320 g/mol. The number of hydrogen-bond donors (Lipinski definition) is 0. The molecule has 2 aliphatic rings. The van der Waals surface area contributed by atoms with Crippen molar-refractivity contribution in [1.29, 1.82) is 0 Å². The highest BCUT2D eigenvalue weighted by atomic mass is 16.5. The summed E-state index contributed by atoms with van der Waals surface area (Å²) in [5, 5.41) is 4.26. The van der Waals surface area contributed by atoms with Gasteiger partial charge in [-0.25, -0.2) is 0 Å². The van der Waals surface area contributed by atoms with Crippen LogP contribution < -0.4 is 0 Å². The highest BCUT2D eigenvalue weighted by molar-refractivity contribution is 5.00. The molecule has 0 spiro atoms. The quantitative estimate of drug-likeness (QED) is 0.832. The van der Waals surface area contributed by atoms with E-state index in [1.165, 1.54) is 44.6 Å². The summed E-state index contributed by atoms with van der Waals surface area (Å²) in [6, 6.07) is 2.13. The number of morpholine rings is 1. The molecule has 1 aromatic heterocycles. The van der Waals surface area contributed by atoms with E-state index in [4.69, 9.17) is 4.74 Å². The van der Waals surface area contributed by atoms with Crippen LogP contribution in [0.1, 0.15) is 38.8 Å². The molecule has 0 aliphatic carbocycles. The Morgan fingerprint density at radius 3 is 2.43 bits per heavy atom. The molecule has 0 radical (unpaired) electrons. The first-order valence-electron chi connectivity index (χ1n) is 9.17. The van der Waals surface area contributed by atoms with Crippen molar-refractivity contribution in [2.45, 2.75) is 51.9 Å². The van der Waals surface area contributed by atoms with Crippen molar-refractivity contribution < 1.29 is 4.74 Å². The van der Waals surface area contributed by atoms with Gasteiger partial charge in [-0.3, -0.25) is 14.5 Å². The molecule has 2 atom stereocenters. The summed E-state index contributed by atoms with van der Waals surface area (Å²) >= 11 is 0. The molecule has 2 aliphatic heterocycles. The number of hydrogen-bond acceptors (Lipinski definition) is 4. The van der Waals surface area contributed by atoms with E-state index in [-0.39, 0.29) is 0 Å². The number of rotatable bonds is 5. The van der Waals surface area contributed by atoms with Crippen LogP contribution in [0.2, 0.25) is 0 Å². The van der Waals surface area contributed by atoms with Crippen LogP contribution in [0.3, 0.4) is 0 Å². The maximum atomic E-state index is 5.83. The van der Waals surface area contributed by atoms with Crippen molar-refractivity contribution in [2.24, 2.45) is 13.0 Å². The first-order chi connectivity index (χ1) is 11.1. The monoisotopic (exact) mass is 320 g/mol. The van der Waals surface area contributed by atoms with Gasteiger partial charge in [0.2, 0.25) is 0 Å². The lowest BCUT2D eigenvalue weighted by molar-refractivity contribution is -0.0693. The number of piperidine rings is 1. The van der Waals surface area contributed by atoms with Crippen LogP contribution in [0.5, 0.6) is 0 Å². The van der Waals surface area contributed by atoms with Crippen molar-refractivity contribution in [2.75, 3.05) is 32.7 Å². The van der Waals surface area contributed by atoms with Gasteiger partial charge in [-0.2, -0.15) is 5.10 Å². The van der Waals surface area contributed by atoms with E-state index in [0.717, 1.165) is 25.6 Å². The Morgan fingerprint density at radius 2 is 1.83 bits per heavy atom. The minimum atomic E-state index is 0.388. The summed E-state index contributed by atoms with van der Waals surface area (Å²) in [7, 11) is 2.03. The molecule has 2 unspecified atom stereocenters. The Labute approximate surface area is 140 Å². The summed E-state index contributed by atoms with van der Waals surface area (Å²) in [5.41, 5.74) is 1.32. The first kappa shape index (κ1) is 16.9. The molecule has 2 saturated heterocycles. The average Bonchev–Trinajstić information content (AvgIpc) is 2.91. The van der Waals surface area contributed by atoms with Gasteiger partial charge in [0, 0.05) is 32.9 Å². The number of likely N-dealkylation sites (tertiary alicyclic amines) is 1. The van der Waals surface area contributed by atoms with E-state index in [2.05, 4.69) is 34.8 Å². The second-order valence-corrected chi connectivity index (χ2v) is 7.47. The van der Waals surface area contributed by atoms with Crippen LogP contribution in [0.4, 0.5) is 0 Å². The fourth-order valence-electron chi connectivity index (χ4n) is 4.05. The van der Waals surface area contributed by atoms with Gasteiger partial charge in [-0.05, 0) is 64.7 Å². The van der Waals surface area contributed by atoms with Gasteiger partial charge in [-0.15, -0.1) is 0 Å². The van der Waals surface area contributed by atoms with E-state index >= 15 is 0 Å². The Bertz CT molecular complexity index is 471. The van der Waals surface area contributed by atoms with Crippen LogP contribution in [-0.2, 0) is 18.3 Å². The molecule has 3 rings (SSSR count). The molecular formula is C18H32N4O. The Balaban J connectivity index is 1.37.